The third-order valence-electron chi connectivity index (χ3n) is 4.45. The van der Waals surface area contributed by atoms with Crippen molar-refractivity contribution in [2.24, 2.45) is 0 Å². The Morgan fingerprint density at radius 1 is 1.15 bits per heavy atom. The highest BCUT2D eigenvalue weighted by molar-refractivity contribution is 7.13. The molecule has 2 aromatic heterocycles. The number of carbonyl (C=O) groups is 2. The minimum Gasteiger partial charge on any atom is -0.450 e. The van der Waals surface area contributed by atoms with Gasteiger partial charge in [0.15, 0.2) is 0 Å². The van der Waals surface area contributed by atoms with Crippen LogP contribution in [0.1, 0.15) is 33.0 Å². The number of aromatic nitrogens is 2. The molecule has 0 radical (unpaired) electrons. The number of hydrogen-bond acceptors (Lipinski definition) is 6. The van der Waals surface area contributed by atoms with E-state index in [1.165, 1.54) is 11.3 Å². The zero-order valence-electron chi connectivity index (χ0n) is 15.7. The average molecular weight is 388 g/mol. The van der Waals surface area contributed by atoms with Gasteiger partial charge in [-0.05, 0) is 32.4 Å². The number of ether oxygens (including phenoxy) is 1. The summed E-state index contributed by atoms with van der Waals surface area (Å²) < 4.78 is 5.02. The van der Waals surface area contributed by atoms with Crippen LogP contribution in [0.5, 0.6) is 0 Å². The molecular weight excluding hydrogens is 364 g/mol. The van der Waals surface area contributed by atoms with Crippen molar-refractivity contribution in [1.29, 1.82) is 0 Å². The van der Waals surface area contributed by atoms with Crippen LogP contribution >= 0.6 is 11.3 Å². The van der Waals surface area contributed by atoms with Crippen molar-refractivity contribution >= 4 is 23.3 Å². The molecule has 1 fully saturated rings. The van der Waals surface area contributed by atoms with Crippen LogP contribution in [-0.4, -0.2) is 64.6 Å². The second kappa shape index (κ2) is 8.94. The lowest BCUT2D eigenvalue weighted by molar-refractivity contribution is 0.0573. The number of amides is 2. The molecule has 0 N–H and O–H groups in total. The Bertz CT molecular complexity index is 786. The number of hydrogen-bond donors (Lipinski definition) is 0. The molecule has 7 nitrogen and oxygen atoms in total. The average Bonchev–Trinajstić information content (AvgIpc) is 3.07. The van der Waals surface area contributed by atoms with Crippen LogP contribution in [0.4, 0.5) is 4.79 Å². The van der Waals surface area contributed by atoms with Gasteiger partial charge in [-0.25, -0.2) is 9.78 Å². The highest BCUT2D eigenvalue weighted by atomic mass is 32.1. The maximum atomic E-state index is 12.9. The second-order valence-electron chi connectivity index (χ2n) is 6.32. The number of nitrogens with zero attached hydrogens (tertiary/aromatic N) is 4. The Kier molecular flexibility index (Phi) is 6.39. The van der Waals surface area contributed by atoms with Gasteiger partial charge in [-0.15, -0.1) is 11.3 Å². The normalized spacial score (nSPS) is 14.3. The Balaban J connectivity index is 1.57. The van der Waals surface area contributed by atoms with Gasteiger partial charge in [-0.1, -0.05) is 6.07 Å². The lowest BCUT2D eigenvalue weighted by Crippen LogP contribution is -2.50. The summed E-state index contributed by atoms with van der Waals surface area (Å²) in [5.41, 5.74) is 1.79. The van der Waals surface area contributed by atoms with E-state index < -0.39 is 0 Å². The molecule has 144 valence electrons. The summed E-state index contributed by atoms with van der Waals surface area (Å²) in [4.78, 5) is 37.7. The molecule has 1 aliphatic rings. The number of piperazine rings is 1. The largest absolute Gasteiger partial charge is 0.450 e. The molecule has 0 bridgehead atoms. The molecule has 1 saturated heterocycles. The SMILES string of the molecule is CCOC(=O)N1CCN(C(=O)c2sc(CCc3ccccn3)nc2C)CC1. The zero-order valence-corrected chi connectivity index (χ0v) is 16.5. The monoisotopic (exact) mass is 388 g/mol. The molecule has 8 heteroatoms. The smallest absolute Gasteiger partial charge is 0.409 e. The summed E-state index contributed by atoms with van der Waals surface area (Å²) in [5, 5.41) is 0.951. The fraction of sp³-hybridized carbons (Fsp3) is 0.474. The highest BCUT2D eigenvalue weighted by Gasteiger charge is 2.27. The van der Waals surface area contributed by atoms with Crippen LogP contribution in [0.15, 0.2) is 24.4 Å². The van der Waals surface area contributed by atoms with Gasteiger partial charge in [-0.2, -0.15) is 0 Å². The molecule has 0 aromatic carbocycles. The van der Waals surface area contributed by atoms with Crippen LogP contribution in [0.3, 0.4) is 0 Å². The van der Waals surface area contributed by atoms with E-state index in [1.807, 2.05) is 25.1 Å². The van der Waals surface area contributed by atoms with Gasteiger partial charge in [0, 0.05) is 44.5 Å². The molecular formula is C19H24N4O3S. The van der Waals surface area contributed by atoms with E-state index in [1.54, 1.807) is 22.9 Å². The van der Waals surface area contributed by atoms with Crippen molar-refractivity contribution in [3.8, 4) is 0 Å². The molecule has 27 heavy (non-hydrogen) atoms. The summed E-state index contributed by atoms with van der Waals surface area (Å²) in [6, 6.07) is 5.87. The molecule has 2 aromatic rings. The molecule has 2 amide bonds. The number of carbonyl (C=O) groups excluding carboxylic acids is 2. The predicted molar refractivity (Wildman–Crippen MR) is 103 cm³/mol. The van der Waals surface area contributed by atoms with Crippen molar-refractivity contribution in [2.75, 3.05) is 32.8 Å². The van der Waals surface area contributed by atoms with Crippen molar-refractivity contribution in [1.82, 2.24) is 19.8 Å². The first kappa shape index (κ1) is 19.3. The van der Waals surface area contributed by atoms with Crippen molar-refractivity contribution < 1.29 is 14.3 Å². The quantitative estimate of drug-likeness (QED) is 0.787. The van der Waals surface area contributed by atoms with Gasteiger partial charge >= 0.3 is 6.09 Å². The molecule has 3 heterocycles. The van der Waals surface area contributed by atoms with Crippen molar-refractivity contribution in [3.63, 3.8) is 0 Å². The maximum Gasteiger partial charge on any atom is 0.409 e. The molecule has 1 aliphatic heterocycles. The van der Waals surface area contributed by atoms with E-state index in [0.717, 1.165) is 29.2 Å². The standard InChI is InChI=1S/C19H24N4O3S/c1-3-26-19(25)23-12-10-22(11-13-23)18(24)17-14(2)21-16(27-17)8-7-15-6-4-5-9-20-15/h4-6,9H,3,7-8,10-13H2,1-2H3. The fourth-order valence-electron chi connectivity index (χ4n) is 2.99. The van der Waals surface area contributed by atoms with Gasteiger partial charge < -0.3 is 14.5 Å². The first-order valence-corrected chi connectivity index (χ1v) is 9.97. The van der Waals surface area contributed by atoms with Gasteiger partial charge in [0.25, 0.3) is 5.91 Å². The zero-order chi connectivity index (χ0) is 19.2. The predicted octanol–water partition coefficient (Wildman–Crippen LogP) is 2.55. The van der Waals surface area contributed by atoms with E-state index in [9.17, 15) is 9.59 Å². The van der Waals surface area contributed by atoms with Gasteiger partial charge in [0.2, 0.25) is 0 Å². The molecule has 0 atom stereocenters. The second-order valence-corrected chi connectivity index (χ2v) is 7.41. The van der Waals surface area contributed by atoms with E-state index in [0.29, 0.717) is 37.7 Å². The Labute approximate surface area is 163 Å². The molecule has 3 rings (SSSR count). The Morgan fingerprint density at radius 3 is 2.56 bits per heavy atom. The summed E-state index contributed by atoms with van der Waals surface area (Å²) in [5.74, 6) is -0.00223. The van der Waals surface area contributed by atoms with Crippen LogP contribution < -0.4 is 0 Å². The van der Waals surface area contributed by atoms with Gasteiger partial charge in [0.1, 0.15) is 4.88 Å². The Hall–Kier alpha value is -2.48. The topological polar surface area (TPSA) is 75.6 Å². The van der Waals surface area contributed by atoms with Crippen LogP contribution in [0, 0.1) is 6.92 Å². The fourth-order valence-corrected chi connectivity index (χ4v) is 4.02. The minimum atomic E-state index is -0.310. The van der Waals surface area contributed by atoms with Crippen molar-refractivity contribution in [3.05, 3.63) is 45.7 Å². The molecule has 0 aliphatic carbocycles. The third kappa shape index (κ3) is 4.82. The number of rotatable bonds is 5. The van der Waals surface area contributed by atoms with E-state index in [2.05, 4.69) is 9.97 Å². The van der Waals surface area contributed by atoms with Crippen molar-refractivity contribution in [2.45, 2.75) is 26.7 Å². The first-order valence-electron chi connectivity index (χ1n) is 9.15. The van der Waals surface area contributed by atoms with E-state index >= 15 is 0 Å². The summed E-state index contributed by atoms with van der Waals surface area (Å²) >= 11 is 1.46. The Morgan fingerprint density at radius 2 is 1.89 bits per heavy atom. The molecule has 0 spiro atoms. The van der Waals surface area contributed by atoms with E-state index in [4.69, 9.17) is 4.74 Å². The summed E-state index contributed by atoms with van der Waals surface area (Å²) in [6.45, 7) is 6.04. The first-order chi connectivity index (χ1) is 13.1. The number of aryl methyl sites for hydroxylation is 3. The molecule has 0 unspecified atom stereocenters. The van der Waals surface area contributed by atoms with Gasteiger partial charge in [0.05, 0.1) is 17.3 Å². The number of thiazole rings is 1. The minimum absolute atomic E-state index is 0.00223. The number of pyridine rings is 1. The van der Waals surface area contributed by atoms with Crippen LogP contribution in [0.2, 0.25) is 0 Å². The lowest BCUT2D eigenvalue weighted by atomic mass is 10.2. The maximum absolute atomic E-state index is 12.9. The lowest BCUT2D eigenvalue weighted by Gasteiger charge is -2.33. The van der Waals surface area contributed by atoms with Gasteiger partial charge in [-0.3, -0.25) is 9.78 Å². The highest BCUT2D eigenvalue weighted by Crippen LogP contribution is 2.22. The third-order valence-corrected chi connectivity index (χ3v) is 5.65. The summed E-state index contributed by atoms with van der Waals surface area (Å²) in [7, 11) is 0. The van der Waals surface area contributed by atoms with Crippen LogP contribution in [0.25, 0.3) is 0 Å². The van der Waals surface area contributed by atoms with Crippen LogP contribution in [-0.2, 0) is 17.6 Å². The molecule has 0 saturated carbocycles. The summed E-state index contributed by atoms with van der Waals surface area (Å²) in [6.07, 6.45) is 3.05. The van der Waals surface area contributed by atoms with E-state index in [-0.39, 0.29) is 12.0 Å².